The lowest BCUT2D eigenvalue weighted by atomic mass is 9.96. The molecule has 0 radical (unpaired) electrons. The zero-order chi connectivity index (χ0) is 15.4. The summed E-state index contributed by atoms with van der Waals surface area (Å²) in [6.45, 7) is 1.73. The van der Waals surface area contributed by atoms with Crippen LogP contribution in [-0.4, -0.2) is 17.0 Å². The van der Waals surface area contributed by atoms with Crippen LogP contribution in [0.1, 0.15) is 48.6 Å². The summed E-state index contributed by atoms with van der Waals surface area (Å²) in [4.78, 5) is 23.8. The number of nitrogens with one attached hydrogen (secondary N) is 1. The Morgan fingerprint density at radius 3 is 2.76 bits per heavy atom. The van der Waals surface area contributed by atoms with Gasteiger partial charge in [0.15, 0.2) is 0 Å². The maximum atomic E-state index is 12.0. The molecule has 0 aromatic carbocycles. The van der Waals surface area contributed by atoms with E-state index in [1.54, 1.807) is 6.92 Å². The maximum absolute atomic E-state index is 12.0. The van der Waals surface area contributed by atoms with Crippen molar-refractivity contribution in [3.63, 3.8) is 0 Å². The first-order chi connectivity index (χ1) is 10.0. The summed E-state index contributed by atoms with van der Waals surface area (Å²) in [5, 5.41) is 21.4. The van der Waals surface area contributed by atoms with Crippen LogP contribution in [0.3, 0.4) is 0 Å². The molecule has 1 heterocycles. The number of carboxylic acids is 1. The number of carbonyl (C=O) groups is 2. The predicted octanol–water partition coefficient (Wildman–Crippen LogP) is 2.94. The van der Waals surface area contributed by atoms with Crippen LogP contribution in [-0.2, 0) is 22.4 Å². The van der Waals surface area contributed by atoms with Gasteiger partial charge < -0.3 is 10.4 Å². The quantitative estimate of drug-likeness (QED) is 0.875. The van der Waals surface area contributed by atoms with E-state index in [1.165, 1.54) is 16.2 Å². The van der Waals surface area contributed by atoms with E-state index < -0.39 is 5.97 Å². The number of carboxylic acid groups (broad SMARTS) is 1. The smallest absolute Gasteiger partial charge is 0.303 e. The van der Waals surface area contributed by atoms with Crippen molar-refractivity contribution in [2.45, 2.75) is 45.4 Å². The molecule has 21 heavy (non-hydrogen) atoms. The Kier molecular flexibility index (Phi) is 4.97. The Morgan fingerprint density at radius 1 is 1.38 bits per heavy atom. The molecule has 1 aromatic heterocycles. The number of nitriles is 1. The fourth-order valence-corrected chi connectivity index (χ4v) is 3.89. The first kappa shape index (κ1) is 15.5. The molecular weight excluding hydrogens is 288 g/mol. The average molecular weight is 306 g/mol. The molecule has 0 saturated carbocycles. The molecule has 0 unspecified atom stereocenters. The third-order valence-corrected chi connectivity index (χ3v) is 4.80. The third-order valence-electron chi connectivity index (χ3n) is 3.59. The second-order valence-corrected chi connectivity index (χ2v) is 6.59. The summed E-state index contributed by atoms with van der Waals surface area (Å²) in [6.07, 6.45) is 4.21. The van der Waals surface area contributed by atoms with Crippen molar-refractivity contribution in [1.82, 2.24) is 0 Å². The van der Waals surface area contributed by atoms with Crippen molar-refractivity contribution in [2.75, 3.05) is 5.32 Å². The van der Waals surface area contributed by atoms with Gasteiger partial charge in [0, 0.05) is 17.7 Å². The molecule has 0 saturated heterocycles. The molecule has 2 N–H and O–H groups in total. The topological polar surface area (TPSA) is 90.2 Å². The molecule has 5 nitrogen and oxygen atoms in total. The molecule has 112 valence electrons. The predicted molar refractivity (Wildman–Crippen MR) is 80.3 cm³/mol. The highest BCUT2D eigenvalue weighted by Gasteiger charge is 2.22. The molecule has 0 aliphatic heterocycles. The molecule has 0 bridgehead atoms. The van der Waals surface area contributed by atoms with Crippen molar-refractivity contribution in [3.05, 3.63) is 16.0 Å². The Morgan fingerprint density at radius 2 is 2.10 bits per heavy atom. The van der Waals surface area contributed by atoms with Crippen LogP contribution in [0.25, 0.3) is 0 Å². The summed E-state index contributed by atoms with van der Waals surface area (Å²) in [5.41, 5.74) is 1.68. The number of rotatable bonds is 5. The lowest BCUT2D eigenvalue weighted by Crippen LogP contribution is -2.16. The second kappa shape index (κ2) is 6.72. The minimum Gasteiger partial charge on any atom is -0.481 e. The van der Waals surface area contributed by atoms with Crippen LogP contribution in [0.4, 0.5) is 5.00 Å². The van der Waals surface area contributed by atoms with Crippen molar-refractivity contribution >= 4 is 28.2 Å². The second-order valence-electron chi connectivity index (χ2n) is 5.48. The van der Waals surface area contributed by atoms with Gasteiger partial charge in [0.1, 0.15) is 11.1 Å². The van der Waals surface area contributed by atoms with E-state index in [2.05, 4.69) is 11.4 Å². The van der Waals surface area contributed by atoms with E-state index in [0.717, 1.165) is 31.2 Å². The van der Waals surface area contributed by atoms with Crippen molar-refractivity contribution in [1.29, 1.82) is 5.26 Å². The van der Waals surface area contributed by atoms with Gasteiger partial charge >= 0.3 is 5.97 Å². The van der Waals surface area contributed by atoms with Gasteiger partial charge in [-0.3, -0.25) is 9.59 Å². The van der Waals surface area contributed by atoms with Crippen LogP contribution in [0.5, 0.6) is 0 Å². The number of thiophene rings is 1. The highest BCUT2D eigenvalue weighted by atomic mass is 32.1. The van der Waals surface area contributed by atoms with E-state index in [0.29, 0.717) is 10.6 Å². The number of hydrogen-bond acceptors (Lipinski definition) is 4. The van der Waals surface area contributed by atoms with Crippen LogP contribution in [0.15, 0.2) is 0 Å². The van der Waals surface area contributed by atoms with E-state index >= 15 is 0 Å². The van der Waals surface area contributed by atoms with Crippen LogP contribution in [0, 0.1) is 17.2 Å². The van der Waals surface area contributed by atoms with Crippen LogP contribution in [0.2, 0.25) is 0 Å². The van der Waals surface area contributed by atoms with E-state index in [-0.39, 0.29) is 24.7 Å². The summed E-state index contributed by atoms with van der Waals surface area (Å²) < 4.78 is 0. The van der Waals surface area contributed by atoms with E-state index in [9.17, 15) is 14.9 Å². The molecule has 1 aliphatic carbocycles. The molecular formula is C15H18N2O3S. The highest BCUT2D eigenvalue weighted by Crippen LogP contribution is 2.37. The molecule has 6 heteroatoms. The van der Waals surface area contributed by atoms with E-state index in [4.69, 9.17) is 5.11 Å². The maximum Gasteiger partial charge on any atom is 0.303 e. The van der Waals surface area contributed by atoms with Gasteiger partial charge in [-0.2, -0.15) is 5.26 Å². The molecule has 1 atom stereocenters. The molecule has 1 aromatic rings. The van der Waals surface area contributed by atoms with Crippen molar-refractivity contribution in [2.24, 2.45) is 5.92 Å². The summed E-state index contributed by atoms with van der Waals surface area (Å²) >= 11 is 1.49. The third kappa shape index (κ3) is 3.82. The van der Waals surface area contributed by atoms with Gasteiger partial charge in [0.2, 0.25) is 5.91 Å². The molecule has 1 amide bonds. The SMILES string of the molecule is C[C@@H](CC(=O)O)CC(=O)Nc1sc2c(c1C#N)CCCC2. The standard InChI is InChI=1S/C15H18N2O3S/c1-9(7-14(19)20)6-13(18)17-15-11(8-16)10-4-2-3-5-12(10)21-15/h9H,2-7H2,1H3,(H,17,18)(H,19,20)/t9-/m1/s1. The lowest BCUT2D eigenvalue weighted by Gasteiger charge is -2.09. The van der Waals surface area contributed by atoms with Gasteiger partial charge in [0.05, 0.1) is 5.56 Å². The molecule has 1 aliphatic rings. The number of carbonyl (C=O) groups excluding carboxylic acids is 1. The number of aryl methyl sites for hydroxylation is 1. The Hall–Kier alpha value is -1.87. The Bertz CT molecular complexity index is 601. The Labute approximate surface area is 127 Å². The Balaban J connectivity index is 2.06. The number of fused-ring (bicyclic) bond motifs is 1. The lowest BCUT2D eigenvalue weighted by molar-refractivity contribution is -0.138. The number of aliphatic carboxylic acids is 1. The highest BCUT2D eigenvalue weighted by molar-refractivity contribution is 7.16. The fourth-order valence-electron chi connectivity index (χ4n) is 2.64. The minimum atomic E-state index is -0.903. The largest absolute Gasteiger partial charge is 0.481 e. The van der Waals surface area contributed by atoms with Gasteiger partial charge in [-0.1, -0.05) is 6.92 Å². The zero-order valence-corrected chi connectivity index (χ0v) is 12.8. The summed E-state index contributed by atoms with van der Waals surface area (Å²) in [7, 11) is 0. The first-order valence-electron chi connectivity index (χ1n) is 7.07. The van der Waals surface area contributed by atoms with Crippen molar-refractivity contribution < 1.29 is 14.7 Å². The first-order valence-corrected chi connectivity index (χ1v) is 7.89. The monoisotopic (exact) mass is 306 g/mol. The fraction of sp³-hybridized carbons (Fsp3) is 0.533. The van der Waals surface area contributed by atoms with Gasteiger partial charge in [-0.25, -0.2) is 0 Å². The normalized spacial score (nSPS) is 14.9. The molecule has 2 rings (SSSR count). The van der Waals surface area contributed by atoms with Crippen LogP contribution >= 0.6 is 11.3 Å². The average Bonchev–Trinajstić information content (AvgIpc) is 2.74. The summed E-state index contributed by atoms with van der Waals surface area (Å²) in [6, 6.07) is 2.20. The number of hydrogen-bond donors (Lipinski definition) is 2. The van der Waals surface area contributed by atoms with Crippen LogP contribution < -0.4 is 5.32 Å². The van der Waals surface area contributed by atoms with Gasteiger partial charge in [-0.05, 0) is 37.2 Å². The minimum absolute atomic E-state index is 0.0283. The molecule has 0 fully saturated rings. The van der Waals surface area contributed by atoms with Gasteiger partial charge in [0.25, 0.3) is 0 Å². The molecule has 0 spiro atoms. The van der Waals surface area contributed by atoms with E-state index in [1.807, 2.05) is 0 Å². The number of nitrogens with zero attached hydrogens (tertiary/aromatic N) is 1. The number of anilines is 1. The number of amides is 1. The van der Waals surface area contributed by atoms with Crippen molar-refractivity contribution in [3.8, 4) is 6.07 Å². The summed E-state index contributed by atoms with van der Waals surface area (Å²) in [5.74, 6) is -1.35. The zero-order valence-electron chi connectivity index (χ0n) is 11.9. The van der Waals surface area contributed by atoms with Gasteiger partial charge in [-0.15, -0.1) is 11.3 Å².